The minimum atomic E-state index is -0.383. The van der Waals surface area contributed by atoms with Crippen LogP contribution in [0.5, 0.6) is 0 Å². The van der Waals surface area contributed by atoms with Crippen LogP contribution < -0.4 is 10.9 Å². The van der Waals surface area contributed by atoms with E-state index in [1.165, 1.54) is 0 Å². The average molecular weight is 266 g/mol. The summed E-state index contributed by atoms with van der Waals surface area (Å²) in [6.07, 6.45) is 0.478. The van der Waals surface area contributed by atoms with Crippen LogP contribution in [-0.2, 0) is 0 Å². The number of pyridine rings is 1. The van der Waals surface area contributed by atoms with Gasteiger partial charge >= 0.3 is 0 Å². The highest BCUT2D eigenvalue weighted by Crippen LogP contribution is 2.08. The molecule has 0 aliphatic carbocycles. The summed E-state index contributed by atoms with van der Waals surface area (Å²) in [7, 11) is 0. The van der Waals surface area contributed by atoms with Crippen molar-refractivity contribution in [3.05, 3.63) is 33.2 Å². The van der Waals surface area contributed by atoms with Crippen LogP contribution in [0.15, 0.2) is 10.9 Å². The van der Waals surface area contributed by atoms with Gasteiger partial charge in [-0.2, -0.15) is 0 Å². The lowest BCUT2D eigenvalue weighted by atomic mass is 10.0. The van der Waals surface area contributed by atoms with Gasteiger partial charge in [0.1, 0.15) is 5.56 Å². The van der Waals surface area contributed by atoms with E-state index in [0.29, 0.717) is 12.0 Å². The normalized spacial score (nSPS) is 12.5. The van der Waals surface area contributed by atoms with Crippen molar-refractivity contribution in [3.8, 4) is 0 Å². The minimum Gasteiger partial charge on any atom is -0.396 e. The van der Waals surface area contributed by atoms with E-state index in [1.807, 2.05) is 13.8 Å². The van der Waals surface area contributed by atoms with E-state index in [9.17, 15) is 9.59 Å². The Kier molecular flexibility index (Phi) is 5.30. The first-order valence-corrected chi connectivity index (χ1v) is 6.49. The second-order valence-corrected chi connectivity index (χ2v) is 5.18. The number of aryl methyl sites for hydroxylation is 2. The number of aliphatic hydroxyl groups excluding tert-OH is 1. The maximum absolute atomic E-state index is 12.2. The van der Waals surface area contributed by atoms with E-state index < -0.39 is 0 Å². The molecule has 5 nitrogen and oxygen atoms in total. The molecule has 1 aromatic heterocycles. The van der Waals surface area contributed by atoms with E-state index in [4.69, 9.17) is 5.11 Å². The number of nitrogens with one attached hydrogen (secondary N) is 2. The Morgan fingerprint density at radius 2 is 2.05 bits per heavy atom. The fourth-order valence-corrected chi connectivity index (χ4v) is 2.09. The third kappa shape index (κ3) is 3.92. The molecule has 0 bridgehead atoms. The zero-order chi connectivity index (χ0) is 14.6. The molecule has 1 unspecified atom stereocenters. The molecule has 0 spiro atoms. The standard InChI is InChI=1S/C14H22N2O3/c1-8(2)11(5-6-17)16-14(19)12-9(3)7-10(4)15-13(12)18/h7-8,11,17H,5-6H2,1-4H3,(H,15,18)(H,16,19). The molecule has 0 radical (unpaired) electrons. The fourth-order valence-electron chi connectivity index (χ4n) is 2.09. The quantitative estimate of drug-likeness (QED) is 0.747. The predicted octanol–water partition coefficient (Wildman–Crippen LogP) is 1.13. The van der Waals surface area contributed by atoms with Crippen LogP contribution >= 0.6 is 0 Å². The van der Waals surface area contributed by atoms with Gasteiger partial charge in [0.15, 0.2) is 0 Å². The SMILES string of the molecule is Cc1cc(C)c(C(=O)NC(CCO)C(C)C)c(=O)[nH]1. The van der Waals surface area contributed by atoms with Crippen LogP contribution in [0.1, 0.15) is 41.9 Å². The number of aromatic amines is 1. The lowest BCUT2D eigenvalue weighted by molar-refractivity contribution is 0.0914. The molecule has 0 aliphatic heterocycles. The van der Waals surface area contributed by atoms with Crippen molar-refractivity contribution in [1.29, 1.82) is 0 Å². The highest BCUT2D eigenvalue weighted by Gasteiger charge is 2.20. The summed E-state index contributed by atoms with van der Waals surface area (Å²) in [6, 6.07) is 1.63. The summed E-state index contributed by atoms with van der Waals surface area (Å²) in [5.41, 5.74) is 1.16. The number of H-pyrrole nitrogens is 1. The van der Waals surface area contributed by atoms with Gasteiger partial charge in [-0.25, -0.2) is 0 Å². The van der Waals surface area contributed by atoms with Gasteiger partial charge in [0.2, 0.25) is 0 Å². The van der Waals surface area contributed by atoms with Crippen LogP contribution in [0, 0.1) is 19.8 Å². The van der Waals surface area contributed by atoms with Gasteiger partial charge in [0.05, 0.1) is 0 Å². The molecule has 1 amide bonds. The molecule has 5 heteroatoms. The zero-order valence-corrected chi connectivity index (χ0v) is 11.9. The molecule has 1 atom stereocenters. The van der Waals surface area contributed by atoms with Crippen molar-refractivity contribution < 1.29 is 9.90 Å². The van der Waals surface area contributed by atoms with E-state index in [-0.39, 0.29) is 35.6 Å². The largest absolute Gasteiger partial charge is 0.396 e. The van der Waals surface area contributed by atoms with Crippen LogP contribution in [0.25, 0.3) is 0 Å². The van der Waals surface area contributed by atoms with Crippen molar-refractivity contribution in [3.63, 3.8) is 0 Å². The van der Waals surface area contributed by atoms with Gasteiger partial charge < -0.3 is 15.4 Å². The van der Waals surface area contributed by atoms with Crippen molar-refractivity contribution in [2.24, 2.45) is 5.92 Å². The molecular formula is C14H22N2O3. The van der Waals surface area contributed by atoms with Crippen LogP contribution in [0.4, 0.5) is 0 Å². The first kappa shape index (κ1) is 15.4. The Balaban J connectivity index is 2.98. The van der Waals surface area contributed by atoms with Crippen molar-refractivity contribution in [2.45, 2.75) is 40.2 Å². The number of hydrogen-bond donors (Lipinski definition) is 3. The van der Waals surface area contributed by atoms with Crippen LogP contribution in [0.3, 0.4) is 0 Å². The topological polar surface area (TPSA) is 82.2 Å². The van der Waals surface area contributed by atoms with Crippen LogP contribution in [-0.4, -0.2) is 28.6 Å². The maximum Gasteiger partial charge on any atom is 0.261 e. The van der Waals surface area contributed by atoms with Gasteiger partial charge in [-0.05, 0) is 37.8 Å². The van der Waals surface area contributed by atoms with Crippen LogP contribution in [0.2, 0.25) is 0 Å². The molecule has 0 fully saturated rings. The van der Waals surface area contributed by atoms with Gasteiger partial charge in [-0.15, -0.1) is 0 Å². The van der Waals surface area contributed by atoms with Gasteiger partial charge in [0, 0.05) is 18.3 Å². The first-order chi connectivity index (χ1) is 8.86. The van der Waals surface area contributed by atoms with Gasteiger partial charge in [-0.3, -0.25) is 9.59 Å². The van der Waals surface area contributed by atoms with Gasteiger partial charge in [-0.1, -0.05) is 13.8 Å². The molecule has 1 rings (SSSR count). The molecule has 19 heavy (non-hydrogen) atoms. The summed E-state index contributed by atoms with van der Waals surface area (Å²) in [4.78, 5) is 26.6. The molecule has 0 aromatic carbocycles. The summed E-state index contributed by atoms with van der Waals surface area (Å²) < 4.78 is 0. The Morgan fingerprint density at radius 3 is 2.53 bits per heavy atom. The lowest BCUT2D eigenvalue weighted by Crippen LogP contribution is -2.41. The fraction of sp³-hybridized carbons (Fsp3) is 0.571. The molecule has 106 valence electrons. The predicted molar refractivity (Wildman–Crippen MR) is 74.3 cm³/mol. The number of hydrogen-bond acceptors (Lipinski definition) is 3. The van der Waals surface area contributed by atoms with Crippen molar-refractivity contribution in [1.82, 2.24) is 10.3 Å². The number of aromatic nitrogens is 1. The van der Waals surface area contributed by atoms with Crippen molar-refractivity contribution >= 4 is 5.91 Å². The third-order valence-corrected chi connectivity index (χ3v) is 3.15. The van der Waals surface area contributed by atoms with Gasteiger partial charge in [0.25, 0.3) is 11.5 Å². The molecule has 3 N–H and O–H groups in total. The summed E-state index contributed by atoms with van der Waals surface area (Å²) in [5, 5.41) is 11.8. The Hall–Kier alpha value is -1.62. The number of rotatable bonds is 5. The van der Waals surface area contributed by atoms with Crippen molar-refractivity contribution in [2.75, 3.05) is 6.61 Å². The Morgan fingerprint density at radius 1 is 1.42 bits per heavy atom. The van der Waals surface area contributed by atoms with E-state index in [1.54, 1.807) is 19.9 Å². The second kappa shape index (κ2) is 6.52. The molecular weight excluding hydrogens is 244 g/mol. The van der Waals surface area contributed by atoms with E-state index in [2.05, 4.69) is 10.3 Å². The highest BCUT2D eigenvalue weighted by atomic mass is 16.3. The highest BCUT2D eigenvalue weighted by molar-refractivity contribution is 5.95. The minimum absolute atomic E-state index is 0.00631. The number of amides is 1. The summed E-state index contributed by atoms with van der Waals surface area (Å²) >= 11 is 0. The Labute approximate surface area is 113 Å². The van der Waals surface area contributed by atoms with E-state index in [0.717, 1.165) is 5.69 Å². The molecule has 0 saturated heterocycles. The first-order valence-electron chi connectivity index (χ1n) is 6.49. The smallest absolute Gasteiger partial charge is 0.261 e. The number of carbonyl (C=O) groups is 1. The third-order valence-electron chi connectivity index (χ3n) is 3.15. The zero-order valence-electron chi connectivity index (χ0n) is 11.9. The summed E-state index contributed by atoms with van der Waals surface area (Å²) in [6.45, 7) is 7.46. The molecule has 1 aromatic rings. The molecule has 0 saturated carbocycles. The second-order valence-electron chi connectivity index (χ2n) is 5.18. The number of aliphatic hydroxyl groups is 1. The average Bonchev–Trinajstić information content (AvgIpc) is 2.26. The molecule has 0 aliphatic rings. The molecule has 1 heterocycles. The van der Waals surface area contributed by atoms with E-state index >= 15 is 0 Å². The Bertz CT molecular complexity index is 506. The number of carbonyl (C=O) groups excluding carboxylic acids is 1. The summed E-state index contributed by atoms with van der Waals surface area (Å²) in [5.74, 6) is -0.188. The monoisotopic (exact) mass is 266 g/mol. The maximum atomic E-state index is 12.2. The lowest BCUT2D eigenvalue weighted by Gasteiger charge is -2.21.